The standard InChI is InChI=1S/C23H30O3Si/c1-23(2,3)27(4,5)26-21-13-9-10-18(16-21)14-15-20(24)17-22(25)19-11-7-6-8-12-19/h6-13,16H,14-15,17H2,1-5H3. The molecule has 0 spiro atoms. The molecule has 0 atom stereocenters. The summed E-state index contributed by atoms with van der Waals surface area (Å²) in [7, 11) is -1.88. The Hall–Kier alpha value is -2.20. The van der Waals surface area contributed by atoms with Crippen molar-refractivity contribution in [3.05, 3.63) is 65.7 Å². The summed E-state index contributed by atoms with van der Waals surface area (Å²) in [6, 6.07) is 16.9. The van der Waals surface area contributed by atoms with Crippen LogP contribution in [0.3, 0.4) is 0 Å². The van der Waals surface area contributed by atoms with E-state index in [2.05, 4.69) is 33.9 Å². The average molecular weight is 383 g/mol. The van der Waals surface area contributed by atoms with E-state index in [-0.39, 0.29) is 23.0 Å². The van der Waals surface area contributed by atoms with Crippen LogP contribution in [0.2, 0.25) is 18.1 Å². The second kappa shape index (κ2) is 8.66. The highest BCUT2D eigenvalue weighted by atomic mass is 28.4. The van der Waals surface area contributed by atoms with Gasteiger partial charge in [-0.05, 0) is 42.2 Å². The van der Waals surface area contributed by atoms with Gasteiger partial charge < -0.3 is 4.43 Å². The van der Waals surface area contributed by atoms with Crippen LogP contribution in [0.5, 0.6) is 5.75 Å². The SMILES string of the molecule is CC(C)(C)[Si](C)(C)Oc1cccc(CCC(=O)CC(=O)c2ccccc2)c1. The summed E-state index contributed by atoms with van der Waals surface area (Å²) in [5.41, 5.74) is 1.65. The molecule has 0 aliphatic carbocycles. The van der Waals surface area contributed by atoms with Crippen molar-refractivity contribution in [3.63, 3.8) is 0 Å². The fraction of sp³-hybridized carbons (Fsp3) is 0.391. The third-order valence-electron chi connectivity index (χ3n) is 5.22. The molecule has 0 N–H and O–H groups in total. The largest absolute Gasteiger partial charge is 0.543 e. The molecule has 0 heterocycles. The zero-order valence-electron chi connectivity index (χ0n) is 17.0. The number of rotatable bonds is 8. The predicted molar refractivity (Wildman–Crippen MR) is 113 cm³/mol. The van der Waals surface area contributed by atoms with E-state index in [0.29, 0.717) is 18.4 Å². The summed E-state index contributed by atoms with van der Waals surface area (Å²) in [5.74, 6) is 0.724. The predicted octanol–water partition coefficient (Wildman–Crippen LogP) is 5.85. The lowest BCUT2D eigenvalue weighted by molar-refractivity contribution is -0.118. The summed E-state index contributed by atoms with van der Waals surface area (Å²) in [6.07, 6.45) is 0.946. The van der Waals surface area contributed by atoms with Gasteiger partial charge in [-0.2, -0.15) is 0 Å². The molecule has 27 heavy (non-hydrogen) atoms. The minimum atomic E-state index is -1.88. The third-order valence-corrected chi connectivity index (χ3v) is 9.58. The van der Waals surface area contributed by atoms with Crippen molar-refractivity contribution in [2.24, 2.45) is 0 Å². The molecule has 0 fully saturated rings. The van der Waals surface area contributed by atoms with E-state index in [9.17, 15) is 9.59 Å². The van der Waals surface area contributed by atoms with Gasteiger partial charge in [-0.25, -0.2) is 0 Å². The summed E-state index contributed by atoms with van der Waals surface area (Å²) in [5, 5.41) is 0.136. The number of ketones is 2. The lowest BCUT2D eigenvalue weighted by Crippen LogP contribution is -2.43. The third kappa shape index (κ3) is 6.17. The topological polar surface area (TPSA) is 43.4 Å². The Bertz CT molecular complexity index is 789. The number of Topliss-reactive ketones (excluding diaryl/α,β-unsaturated/α-hetero) is 2. The molecule has 0 aromatic heterocycles. The molecular weight excluding hydrogens is 352 g/mol. The molecule has 144 valence electrons. The maximum Gasteiger partial charge on any atom is 0.250 e. The van der Waals surface area contributed by atoms with Crippen molar-refractivity contribution >= 4 is 19.9 Å². The lowest BCUT2D eigenvalue weighted by atomic mass is 10.0. The van der Waals surface area contributed by atoms with E-state index >= 15 is 0 Å². The molecule has 3 nitrogen and oxygen atoms in total. The van der Waals surface area contributed by atoms with Gasteiger partial charge in [0, 0.05) is 12.0 Å². The smallest absolute Gasteiger partial charge is 0.250 e. The fourth-order valence-corrected chi connectivity index (χ4v) is 3.51. The molecule has 0 amide bonds. The van der Waals surface area contributed by atoms with Gasteiger partial charge in [-0.3, -0.25) is 9.59 Å². The van der Waals surface area contributed by atoms with Crippen LogP contribution in [0, 0.1) is 0 Å². The van der Waals surface area contributed by atoms with Gasteiger partial charge in [0.15, 0.2) is 5.78 Å². The molecule has 2 rings (SSSR count). The van der Waals surface area contributed by atoms with E-state index < -0.39 is 8.32 Å². The number of carbonyl (C=O) groups excluding carboxylic acids is 2. The van der Waals surface area contributed by atoms with Gasteiger partial charge in [0.1, 0.15) is 11.5 Å². The fourth-order valence-electron chi connectivity index (χ4n) is 2.49. The Labute approximate surface area is 163 Å². The first-order valence-electron chi connectivity index (χ1n) is 9.46. The number of hydrogen-bond donors (Lipinski definition) is 0. The first-order valence-corrected chi connectivity index (χ1v) is 12.4. The molecule has 2 aromatic rings. The second-order valence-corrected chi connectivity index (χ2v) is 13.2. The van der Waals surface area contributed by atoms with Crippen molar-refractivity contribution in [2.45, 2.75) is 58.2 Å². The van der Waals surface area contributed by atoms with Crippen LogP contribution in [0.15, 0.2) is 54.6 Å². The maximum absolute atomic E-state index is 12.2. The van der Waals surface area contributed by atoms with Crippen LogP contribution in [0.25, 0.3) is 0 Å². The van der Waals surface area contributed by atoms with Crippen molar-refractivity contribution in [3.8, 4) is 5.75 Å². The van der Waals surface area contributed by atoms with Gasteiger partial charge >= 0.3 is 0 Å². The summed E-state index contributed by atoms with van der Waals surface area (Å²) in [4.78, 5) is 24.3. The Morgan fingerprint density at radius 3 is 2.26 bits per heavy atom. The molecule has 0 aliphatic rings. The number of benzene rings is 2. The van der Waals surface area contributed by atoms with Crippen molar-refractivity contribution in [2.75, 3.05) is 0 Å². The molecule has 2 aromatic carbocycles. The van der Waals surface area contributed by atoms with Gasteiger partial charge in [-0.15, -0.1) is 0 Å². The summed E-state index contributed by atoms with van der Waals surface area (Å²) < 4.78 is 6.34. The van der Waals surface area contributed by atoms with Crippen molar-refractivity contribution < 1.29 is 14.0 Å². The Kier molecular flexibility index (Phi) is 6.77. The Balaban J connectivity index is 1.93. The van der Waals surface area contributed by atoms with Crippen LogP contribution in [-0.4, -0.2) is 19.9 Å². The highest BCUT2D eigenvalue weighted by molar-refractivity contribution is 6.74. The minimum Gasteiger partial charge on any atom is -0.543 e. The first-order chi connectivity index (χ1) is 12.6. The normalized spacial score (nSPS) is 11.9. The van der Waals surface area contributed by atoms with E-state index in [1.54, 1.807) is 12.1 Å². The highest BCUT2D eigenvalue weighted by Gasteiger charge is 2.38. The maximum atomic E-state index is 12.2. The van der Waals surface area contributed by atoms with Crippen LogP contribution in [0.4, 0.5) is 0 Å². The lowest BCUT2D eigenvalue weighted by Gasteiger charge is -2.36. The summed E-state index contributed by atoms with van der Waals surface area (Å²) in [6.45, 7) is 11.1. The van der Waals surface area contributed by atoms with Crippen LogP contribution in [-0.2, 0) is 11.2 Å². The van der Waals surface area contributed by atoms with E-state index in [1.165, 1.54) is 0 Å². The number of carbonyl (C=O) groups is 2. The number of aryl methyl sites for hydroxylation is 1. The van der Waals surface area contributed by atoms with E-state index in [0.717, 1.165) is 11.3 Å². The quantitative estimate of drug-likeness (QED) is 0.327. The molecular formula is C23H30O3Si. The second-order valence-electron chi connectivity index (χ2n) is 8.51. The zero-order chi connectivity index (χ0) is 20.1. The first kappa shape index (κ1) is 21.1. The molecule has 4 heteroatoms. The van der Waals surface area contributed by atoms with Crippen LogP contribution >= 0.6 is 0 Å². The van der Waals surface area contributed by atoms with E-state index in [1.807, 2.05) is 42.5 Å². The molecule has 0 radical (unpaired) electrons. The van der Waals surface area contributed by atoms with Gasteiger partial charge in [0.05, 0.1) is 6.42 Å². The highest BCUT2D eigenvalue weighted by Crippen LogP contribution is 2.37. The van der Waals surface area contributed by atoms with Crippen LogP contribution < -0.4 is 4.43 Å². The van der Waals surface area contributed by atoms with E-state index in [4.69, 9.17) is 4.43 Å². The van der Waals surface area contributed by atoms with Gasteiger partial charge in [-0.1, -0.05) is 63.2 Å². The molecule has 0 aliphatic heterocycles. The molecule has 0 saturated heterocycles. The minimum absolute atomic E-state index is 0.0282. The summed E-state index contributed by atoms with van der Waals surface area (Å²) >= 11 is 0. The molecule has 0 bridgehead atoms. The molecule has 0 saturated carbocycles. The Morgan fingerprint density at radius 2 is 1.63 bits per heavy atom. The van der Waals surface area contributed by atoms with Gasteiger partial charge in [0.2, 0.25) is 8.32 Å². The molecule has 0 unspecified atom stereocenters. The van der Waals surface area contributed by atoms with Crippen LogP contribution in [0.1, 0.15) is 49.5 Å². The zero-order valence-corrected chi connectivity index (χ0v) is 18.0. The Morgan fingerprint density at radius 1 is 0.963 bits per heavy atom. The van der Waals surface area contributed by atoms with Crippen molar-refractivity contribution in [1.29, 1.82) is 0 Å². The van der Waals surface area contributed by atoms with Crippen molar-refractivity contribution in [1.82, 2.24) is 0 Å². The monoisotopic (exact) mass is 382 g/mol. The van der Waals surface area contributed by atoms with Gasteiger partial charge in [0.25, 0.3) is 0 Å². The number of hydrogen-bond acceptors (Lipinski definition) is 3. The average Bonchev–Trinajstić information content (AvgIpc) is 2.59.